The molecule has 1 saturated heterocycles. The molecule has 0 bridgehead atoms. The van der Waals surface area contributed by atoms with E-state index in [1.54, 1.807) is 11.3 Å². The molecule has 84 valence electrons. The summed E-state index contributed by atoms with van der Waals surface area (Å²) in [6.07, 6.45) is 2.12. The molecule has 2 heterocycles. The first-order chi connectivity index (χ1) is 7.13. The molecular weight excluding hydrogens is 230 g/mol. The number of piperidine rings is 1. The van der Waals surface area contributed by atoms with Crippen LogP contribution in [0, 0.1) is 0 Å². The smallest absolute Gasteiger partial charge is 0.0931 e. The highest BCUT2D eigenvalue weighted by Crippen LogP contribution is 2.37. The highest BCUT2D eigenvalue weighted by molar-refractivity contribution is 7.16. The van der Waals surface area contributed by atoms with E-state index in [4.69, 9.17) is 11.6 Å². The van der Waals surface area contributed by atoms with Gasteiger partial charge in [0.15, 0.2) is 0 Å². The van der Waals surface area contributed by atoms with Crippen molar-refractivity contribution >= 4 is 22.9 Å². The Morgan fingerprint density at radius 1 is 1.67 bits per heavy atom. The zero-order valence-corrected chi connectivity index (χ0v) is 10.4. The lowest BCUT2D eigenvalue weighted by molar-refractivity contribution is 0.138. The summed E-state index contributed by atoms with van der Waals surface area (Å²) in [6.45, 7) is 3.24. The fourth-order valence-electron chi connectivity index (χ4n) is 2.18. The van der Waals surface area contributed by atoms with E-state index in [9.17, 15) is 5.11 Å². The molecule has 2 rings (SSSR count). The van der Waals surface area contributed by atoms with Crippen molar-refractivity contribution in [1.29, 1.82) is 0 Å². The molecule has 1 aromatic heterocycles. The monoisotopic (exact) mass is 245 g/mol. The Morgan fingerprint density at radius 3 is 3.07 bits per heavy atom. The molecule has 2 nitrogen and oxygen atoms in total. The van der Waals surface area contributed by atoms with Gasteiger partial charge in [-0.1, -0.05) is 11.6 Å². The third-order valence-electron chi connectivity index (χ3n) is 3.09. The normalized spacial score (nSPS) is 31.8. The van der Waals surface area contributed by atoms with Crippen LogP contribution in [0.1, 0.15) is 30.6 Å². The highest BCUT2D eigenvalue weighted by atomic mass is 35.5. The van der Waals surface area contributed by atoms with Gasteiger partial charge in [-0.05, 0) is 44.4 Å². The molecule has 2 unspecified atom stereocenters. The van der Waals surface area contributed by atoms with Crippen LogP contribution >= 0.6 is 22.9 Å². The van der Waals surface area contributed by atoms with E-state index in [1.165, 1.54) is 4.88 Å². The van der Waals surface area contributed by atoms with Gasteiger partial charge in [-0.15, -0.1) is 11.3 Å². The minimum Gasteiger partial charge on any atom is -0.394 e. The van der Waals surface area contributed by atoms with Gasteiger partial charge < -0.3 is 10.4 Å². The lowest BCUT2D eigenvalue weighted by Gasteiger charge is -2.37. The number of thiophene rings is 1. The predicted molar refractivity (Wildman–Crippen MR) is 64.8 cm³/mol. The topological polar surface area (TPSA) is 32.3 Å². The Kier molecular flexibility index (Phi) is 3.36. The Balaban J connectivity index is 2.11. The van der Waals surface area contributed by atoms with E-state index >= 15 is 0 Å². The quantitative estimate of drug-likeness (QED) is 0.840. The predicted octanol–water partition coefficient (Wildman–Crippen LogP) is 2.62. The highest BCUT2D eigenvalue weighted by Gasteiger charge is 2.32. The lowest BCUT2D eigenvalue weighted by atomic mass is 9.83. The van der Waals surface area contributed by atoms with E-state index in [-0.39, 0.29) is 12.1 Å². The maximum Gasteiger partial charge on any atom is 0.0931 e. The van der Waals surface area contributed by atoms with Gasteiger partial charge in [0.25, 0.3) is 0 Å². The van der Waals surface area contributed by atoms with Gasteiger partial charge >= 0.3 is 0 Å². The van der Waals surface area contributed by atoms with Crippen LogP contribution in [0.4, 0.5) is 0 Å². The minimum absolute atomic E-state index is 0.126. The van der Waals surface area contributed by atoms with E-state index in [1.807, 2.05) is 6.07 Å². The molecule has 0 saturated carbocycles. The molecule has 2 atom stereocenters. The van der Waals surface area contributed by atoms with Crippen molar-refractivity contribution in [3.63, 3.8) is 0 Å². The molecule has 1 fully saturated rings. The van der Waals surface area contributed by atoms with Gasteiger partial charge in [-0.3, -0.25) is 0 Å². The summed E-state index contributed by atoms with van der Waals surface area (Å²) in [5, 5.41) is 12.7. The van der Waals surface area contributed by atoms with Gasteiger partial charge in [0, 0.05) is 10.4 Å². The maximum absolute atomic E-state index is 9.34. The summed E-state index contributed by atoms with van der Waals surface area (Å²) in [5.74, 6) is 0.542. The van der Waals surface area contributed by atoms with Gasteiger partial charge in [0.2, 0.25) is 0 Å². The molecule has 0 radical (unpaired) electrons. The Labute approximate surface area is 99.3 Å². The molecular formula is C11H16ClNOS. The van der Waals surface area contributed by atoms with Gasteiger partial charge in [0.05, 0.1) is 10.9 Å². The van der Waals surface area contributed by atoms with Crippen LogP contribution in [0.2, 0.25) is 4.34 Å². The van der Waals surface area contributed by atoms with Crippen molar-refractivity contribution in [2.24, 2.45) is 0 Å². The molecule has 0 aromatic carbocycles. The SMILES string of the molecule is CC1(CO)CC(c2ccc(Cl)s2)CCN1. The molecule has 0 amide bonds. The van der Waals surface area contributed by atoms with E-state index in [2.05, 4.69) is 18.3 Å². The number of hydrogen-bond acceptors (Lipinski definition) is 3. The van der Waals surface area contributed by atoms with Crippen LogP contribution in [0.15, 0.2) is 12.1 Å². The van der Waals surface area contributed by atoms with Crippen LogP contribution in [0.5, 0.6) is 0 Å². The van der Waals surface area contributed by atoms with Crippen molar-refractivity contribution in [2.45, 2.75) is 31.2 Å². The number of aliphatic hydroxyl groups excluding tert-OH is 1. The average Bonchev–Trinajstić information content (AvgIpc) is 2.65. The first-order valence-electron chi connectivity index (χ1n) is 5.24. The number of halogens is 1. The molecule has 0 spiro atoms. The minimum atomic E-state index is -0.126. The number of nitrogens with one attached hydrogen (secondary N) is 1. The Hall–Kier alpha value is -0.0900. The first kappa shape index (κ1) is 11.4. The van der Waals surface area contributed by atoms with Gasteiger partial charge in [0.1, 0.15) is 0 Å². The largest absolute Gasteiger partial charge is 0.394 e. The number of aliphatic hydroxyl groups is 1. The van der Waals surface area contributed by atoms with Gasteiger partial charge in [-0.25, -0.2) is 0 Å². The van der Waals surface area contributed by atoms with E-state index in [0.29, 0.717) is 5.92 Å². The summed E-state index contributed by atoms with van der Waals surface area (Å²) in [5.41, 5.74) is -0.126. The summed E-state index contributed by atoms with van der Waals surface area (Å²) in [4.78, 5) is 1.35. The van der Waals surface area contributed by atoms with Crippen LogP contribution in [0.3, 0.4) is 0 Å². The second kappa shape index (κ2) is 4.42. The summed E-state index contributed by atoms with van der Waals surface area (Å²) >= 11 is 7.60. The molecule has 1 aromatic rings. The Bertz CT molecular complexity index is 341. The van der Waals surface area contributed by atoms with Crippen molar-refractivity contribution < 1.29 is 5.11 Å². The van der Waals surface area contributed by atoms with Crippen LogP contribution in [0.25, 0.3) is 0 Å². The van der Waals surface area contributed by atoms with E-state index < -0.39 is 0 Å². The summed E-state index contributed by atoms with van der Waals surface area (Å²) < 4.78 is 0.856. The fraction of sp³-hybridized carbons (Fsp3) is 0.636. The van der Waals surface area contributed by atoms with Crippen LogP contribution in [-0.4, -0.2) is 23.8 Å². The van der Waals surface area contributed by atoms with Crippen LogP contribution in [-0.2, 0) is 0 Å². The first-order valence-corrected chi connectivity index (χ1v) is 6.43. The molecule has 2 N–H and O–H groups in total. The molecule has 0 aliphatic carbocycles. The van der Waals surface area contributed by atoms with Crippen LogP contribution < -0.4 is 5.32 Å². The number of hydrogen-bond donors (Lipinski definition) is 2. The average molecular weight is 246 g/mol. The second-order valence-electron chi connectivity index (χ2n) is 4.48. The lowest BCUT2D eigenvalue weighted by Crippen LogP contribution is -2.50. The molecule has 1 aliphatic heterocycles. The second-order valence-corrected chi connectivity index (χ2v) is 6.22. The standard InChI is InChI=1S/C11H16ClNOS/c1-11(7-14)6-8(4-5-13-11)9-2-3-10(12)15-9/h2-3,8,13-14H,4-7H2,1H3. The van der Waals surface area contributed by atoms with Crippen molar-refractivity contribution in [3.05, 3.63) is 21.3 Å². The molecule has 4 heteroatoms. The molecule has 15 heavy (non-hydrogen) atoms. The zero-order chi connectivity index (χ0) is 10.9. The third-order valence-corrected chi connectivity index (χ3v) is 4.48. The third kappa shape index (κ3) is 2.53. The fourth-order valence-corrected chi connectivity index (χ4v) is 3.37. The van der Waals surface area contributed by atoms with E-state index in [0.717, 1.165) is 23.7 Å². The van der Waals surface area contributed by atoms with Crippen molar-refractivity contribution in [2.75, 3.05) is 13.2 Å². The van der Waals surface area contributed by atoms with Crippen molar-refractivity contribution in [1.82, 2.24) is 5.32 Å². The number of rotatable bonds is 2. The Morgan fingerprint density at radius 2 is 2.47 bits per heavy atom. The summed E-state index contributed by atoms with van der Waals surface area (Å²) in [6, 6.07) is 4.07. The zero-order valence-electron chi connectivity index (χ0n) is 8.79. The summed E-state index contributed by atoms with van der Waals surface area (Å²) in [7, 11) is 0. The van der Waals surface area contributed by atoms with Gasteiger partial charge in [-0.2, -0.15) is 0 Å². The molecule has 1 aliphatic rings. The maximum atomic E-state index is 9.34. The van der Waals surface area contributed by atoms with Crippen molar-refractivity contribution in [3.8, 4) is 0 Å².